The molecule has 0 aromatic heterocycles. The largest absolute Gasteiger partial charge is 0.334 e. The highest BCUT2D eigenvalue weighted by Crippen LogP contribution is 2.14. The smallest absolute Gasteiger partial charge is 0.185 e. The molecule has 6 heteroatoms. The standard InChI is InChI=1S/C6H18N4O2/c7-2-1-6(3-8,11-4-9)12-5-10/h1-5,7-10H2. The summed E-state index contributed by atoms with van der Waals surface area (Å²) in [6.07, 6.45) is 0.484. The van der Waals surface area contributed by atoms with E-state index in [4.69, 9.17) is 32.4 Å². The van der Waals surface area contributed by atoms with Crippen LogP contribution in [0.25, 0.3) is 0 Å². The zero-order valence-electron chi connectivity index (χ0n) is 7.16. The number of nitrogens with two attached hydrogens (primary N) is 4. The summed E-state index contributed by atoms with van der Waals surface area (Å²) in [7, 11) is 0. The van der Waals surface area contributed by atoms with Gasteiger partial charge in [0.15, 0.2) is 5.79 Å². The Morgan fingerprint density at radius 2 is 1.42 bits per heavy atom. The van der Waals surface area contributed by atoms with Gasteiger partial charge >= 0.3 is 0 Å². The van der Waals surface area contributed by atoms with Gasteiger partial charge in [-0.3, -0.25) is 0 Å². The molecule has 74 valence electrons. The van der Waals surface area contributed by atoms with Crippen molar-refractivity contribution >= 4 is 0 Å². The van der Waals surface area contributed by atoms with Gasteiger partial charge in [-0.05, 0) is 6.54 Å². The SMILES string of the molecule is NCCC(CN)(OCN)OCN. The van der Waals surface area contributed by atoms with E-state index in [2.05, 4.69) is 0 Å². The van der Waals surface area contributed by atoms with Gasteiger partial charge in [0, 0.05) is 13.0 Å². The van der Waals surface area contributed by atoms with Crippen LogP contribution in [0.15, 0.2) is 0 Å². The van der Waals surface area contributed by atoms with E-state index in [1.165, 1.54) is 0 Å². The Labute approximate surface area is 72.2 Å². The summed E-state index contributed by atoms with van der Waals surface area (Å²) in [5, 5.41) is 0. The average Bonchev–Trinajstić information content (AvgIpc) is 2.06. The van der Waals surface area contributed by atoms with Crippen LogP contribution in [0.4, 0.5) is 0 Å². The lowest BCUT2D eigenvalue weighted by molar-refractivity contribution is -0.231. The molecule has 0 aromatic rings. The normalized spacial score (nSPS) is 12.0. The zero-order valence-corrected chi connectivity index (χ0v) is 7.16. The molecule has 0 amide bonds. The highest BCUT2D eigenvalue weighted by molar-refractivity contribution is 4.71. The molecule has 0 aliphatic carbocycles. The maximum Gasteiger partial charge on any atom is 0.185 e. The van der Waals surface area contributed by atoms with E-state index in [0.29, 0.717) is 13.0 Å². The number of hydrogen-bond acceptors (Lipinski definition) is 6. The van der Waals surface area contributed by atoms with E-state index in [0.717, 1.165) is 0 Å². The molecule has 0 spiro atoms. The lowest BCUT2D eigenvalue weighted by atomic mass is 10.2. The molecule has 8 N–H and O–H groups in total. The van der Waals surface area contributed by atoms with Crippen LogP contribution in [0.5, 0.6) is 0 Å². The van der Waals surface area contributed by atoms with Crippen molar-refractivity contribution in [3.63, 3.8) is 0 Å². The lowest BCUT2D eigenvalue weighted by Gasteiger charge is -2.30. The average molecular weight is 178 g/mol. The second-order valence-electron chi connectivity index (χ2n) is 2.28. The van der Waals surface area contributed by atoms with E-state index in [9.17, 15) is 0 Å². The third kappa shape index (κ3) is 3.44. The van der Waals surface area contributed by atoms with Gasteiger partial charge in [-0.25, -0.2) is 0 Å². The van der Waals surface area contributed by atoms with Crippen molar-refractivity contribution in [1.29, 1.82) is 0 Å². The summed E-state index contributed by atoms with van der Waals surface area (Å²) in [6, 6.07) is 0. The molecule has 0 radical (unpaired) electrons. The molecule has 0 atom stereocenters. The van der Waals surface area contributed by atoms with E-state index < -0.39 is 5.79 Å². The fraction of sp³-hybridized carbons (Fsp3) is 1.00. The molecule has 0 saturated heterocycles. The summed E-state index contributed by atoms with van der Waals surface area (Å²) in [4.78, 5) is 0. The van der Waals surface area contributed by atoms with Crippen molar-refractivity contribution in [2.75, 3.05) is 26.6 Å². The van der Waals surface area contributed by atoms with Gasteiger partial charge in [0.1, 0.15) is 0 Å². The summed E-state index contributed by atoms with van der Waals surface area (Å²) in [6.45, 7) is 0.685. The van der Waals surface area contributed by atoms with Crippen LogP contribution in [-0.2, 0) is 9.47 Å². The molecule has 0 saturated carbocycles. The summed E-state index contributed by atoms with van der Waals surface area (Å²) in [5.41, 5.74) is 21.2. The maximum absolute atomic E-state index is 5.45. The minimum atomic E-state index is -0.905. The molecule has 0 unspecified atom stereocenters. The highest BCUT2D eigenvalue weighted by atomic mass is 16.7. The lowest BCUT2D eigenvalue weighted by Crippen LogP contribution is -2.47. The van der Waals surface area contributed by atoms with Crippen molar-refractivity contribution < 1.29 is 9.47 Å². The third-order valence-electron chi connectivity index (χ3n) is 1.53. The predicted octanol–water partition coefficient (Wildman–Crippen LogP) is -2.14. The zero-order chi connectivity index (χ0) is 9.45. The van der Waals surface area contributed by atoms with Crippen LogP contribution >= 0.6 is 0 Å². The van der Waals surface area contributed by atoms with Gasteiger partial charge in [-0.1, -0.05) is 0 Å². The van der Waals surface area contributed by atoms with Crippen LogP contribution < -0.4 is 22.9 Å². The first-order valence-electron chi connectivity index (χ1n) is 3.83. The predicted molar refractivity (Wildman–Crippen MR) is 45.7 cm³/mol. The second-order valence-corrected chi connectivity index (χ2v) is 2.28. The van der Waals surface area contributed by atoms with Gasteiger partial charge in [0.2, 0.25) is 0 Å². The van der Waals surface area contributed by atoms with Crippen molar-refractivity contribution in [1.82, 2.24) is 0 Å². The molecular formula is C6H18N4O2. The molecule has 0 bridgehead atoms. The van der Waals surface area contributed by atoms with E-state index in [1.54, 1.807) is 0 Å². The topological polar surface area (TPSA) is 123 Å². The van der Waals surface area contributed by atoms with Crippen molar-refractivity contribution in [3.05, 3.63) is 0 Å². The quantitative estimate of drug-likeness (QED) is 0.330. The van der Waals surface area contributed by atoms with Crippen molar-refractivity contribution in [3.8, 4) is 0 Å². The molecule has 6 nitrogen and oxygen atoms in total. The monoisotopic (exact) mass is 178 g/mol. The Balaban J connectivity index is 4.06. The van der Waals surface area contributed by atoms with Crippen LogP contribution in [0.1, 0.15) is 6.42 Å². The van der Waals surface area contributed by atoms with Crippen molar-refractivity contribution in [2.45, 2.75) is 12.2 Å². The molecule has 0 aliphatic rings. The van der Waals surface area contributed by atoms with Gasteiger partial charge in [0.25, 0.3) is 0 Å². The van der Waals surface area contributed by atoms with Crippen molar-refractivity contribution in [2.24, 2.45) is 22.9 Å². The second kappa shape index (κ2) is 6.30. The molecular weight excluding hydrogens is 160 g/mol. The fourth-order valence-corrected chi connectivity index (χ4v) is 0.930. The molecule has 12 heavy (non-hydrogen) atoms. The van der Waals surface area contributed by atoms with E-state index in [1.807, 2.05) is 0 Å². The van der Waals surface area contributed by atoms with Gasteiger partial charge < -0.3 is 32.4 Å². The molecule has 0 rings (SSSR count). The molecule has 0 aliphatic heterocycles. The first kappa shape index (κ1) is 11.8. The summed E-state index contributed by atoms with van der Waals surface area (Å²) < 4.78 is 10.3. The van der Waals surface area contributed by atoms with Crippen LogP contribution in [-0.4, -0.2) is 32.3 Å². The Kier molecular flexibility index (Phi) is 6.17. The number of hydrogen-bond donors (Lipinski definition) is 4. The Hall–Kier alpha value is -0.240. The third-order valence-corrected chi connectivity index (χ3v) is 1.53. The van der Waals surface area contributed by atoms with E-state index in [-0.39, 0.29) is 20.0 Å². The first-order valence-corrected chi connectivity index (χ1v) is 3.83. The number of ether oxygens (including phenoxy) is 2. The molecule has 0 fully saturated rings. The van der Waals surface area contributed by atoms with Crippen LogP contribution in [0.3, 0.4) is 0 Å². The Bertz CT molecular complexity index is 94.7. The van der Waals surface area contributed by atoms with Gasteiger partial charge in [0.05, 0.1) is 13.5 Å². The van der Waals surface area contributed by atoms with Gasteiger partial charge in [-0.15, -0.1) is 0 Å². The van der Waals surface area contributed by atoms with Gasteiger partial charge in [-0.2, -0.15) is 0 Å². The summed E-state index contributed by atoms with van der Waals surface area (Å²) in [5.74, 6) is -0.905. The molecule has 0 heterocycles. The van der Waals surface area contributed by atoms with Crippen LogP contribution in [0, 0.1) is 0 Å². The minimum absolute atomic E-state index is 0.0389. The minimum Gasteiger partial charge on any atom is -0.334 e. The summed E-state index contributed by atoms with van der Waals surface area (Å²) >= 11 is 0. The highest BCUT2D eigenvalue weighted by Gasteiger charge is 2.28. The molecule has 0 aromatic carbocycles. The van der Waals surface area contributed by atoms with Crippen LogP contribution in [0.2, 0.25) is 0 Å². The maximum atomic E-state index is 5.45. The first-order chi connectivity index (χ1) is 5.74. The van der Waals surface area contributed by atoms with E-state index >= 15 is 0 Å². The fourth-order valence-electron chi connectivity index (χ4n) is 0.930. The Morgan fingerprint density at radius 3 is 1.67 bits per heavy atom. The number of rotatable bonds is 7. The Morgan fingerprint density at radius 1 is 0.917 bits per heavy atom.